The van der Waals surface area contributed by atoms with Gasteiger partial charge in [-0.3, -0.25) is 0 Å². The van der Waals surface area contributed by atoms with Gasteiger partial charge >= 0.3 is 6.03 Å². The zero-order valence-electron chi connectivity index (χ0n) is 8.99. The van der Waals surface area contributed by atoms with Crippen LogP contribution in [0.15, 0.2) is 18.2 Å². The molecule has 1 aromatic rings. The summed E-state index contributed by atoms with van der Waals surface area (Å²) in [5.41, 5.74) is -0.198. The van der Waals surface area contributed by atoms with Crippen LogP contribution in [0.25, 0.3) is 0 Å². The lowest BCUT2D eigenvalue weighted by atomic mass is 10.3. The summed E-state index contributed by atoms with van der Waals surface area (Å²) in [4.78, 5) is 13.0. The fourth-order valence-corrected chi connectivity index (χ4v) is 1.72. The summed E-state index contributed by atoms with van der Waals surface area (Å²) in [6.07, 6.45) is -0.0444. The van der Waals surface area contributed by atoms with Gasteiger partial charge in [-0.15, -0.1) is 0 Å². The molecule has 2 rings (SSSR count). The second-order valence-corrected chi connectivity index (χ2v) is 3.92. The average molecular weight is 242 g/mol. The van der Waals surface area contributed by atoms with E-state index in [0.29, 0.717) is 13.0 Å². The number of carbonyl (C=O) groups excluding carboxylic acids is 1. The van der Waals surface area contributed by atoms with Gasteiger partial charge < -0.3 is 15.3 Å². The maximum absolute atomic E-state index is 13.3. The fourth-order valence-electron chi connectivity index (χ4n) is 1.72. The quantitative estimate of drug-likeness (QED) is 0.785. The molecule has 1 fully saturated rings. The number of hydrogen-bond donors (Lipinski definition) is 2. The minimum absolute atomic E-state index is 0.198. The Balaban J connectivity index is 2.06. The van der Waals surface area contributed by atoms with E-state index in [0.717, 1.165) is 6.07 Å². The summed E-state index contributed by atoms with van der Waals surface area (Å²) >= 11 is 0. The molecule has 0 radical (unpaired) electrons. The summed E-state index contributed by atoms with van der Waals surface area (Å²) in [6.45, 7) is 0.618. The molecule has 1 saturated heterocycles. The average Bonchev–Trinajstić information content (AvgIpc) is 2.72. The number of nitrogens with one attached hydrogen (secondary N) is 1. The van der Waals surface area contributed by atoms with E-state index in [4.69, 9.17) is 0 Å². The van der Waals surface area contributed by atoms with Gasteiger partial charge in [0.15, 0.2) is 11.6 Å². The molecule has 17 heavy (non-hydrogen) atoms. The van der Waals surface area contributed by atoms with Crippen LogP contribution < -0.4 is 5.32 Å². The number of hydrogen-bond acceptors (Lipinski definition) is 2. The zero-order valence-corrected chi connectivity index (χ0v) is 8.99. The number of β-amino-alcohol motifs (C(OH)–C–C–N with tert-alkyl or cyclic N) is 1. The van der Waals surface area contributed by atoms with Gasteiger partial charge in [-0.2, -0.15) is 0 Å². The third-order valence-corrected chi connectivity index (χ3v) is 2.64. The molecule has 0 unspecified atom stereocenters. The van der Waals surface area contributed by atoms with Crippen LogP contribution in [-0.4, -0.2) is 35.2 Å². The van der Waals surface area contributed by atoms with Gasteiger partial charge in [-0.05, 0) is 18.6 Å². The lowest BCUT2D eigenvalue weighted by molar-refractivity contribution is 0.176. The monoisotopic (exact) mass is 242 g/mol. The van der Waals surface area contributed by atoms with E-state index in [1.165, 1.54) is 17.0 Å². The highest BCUT2D eigenvalue weighted by atomic mass is 19.2. The Kier molecular flexibility index (Phi) is 3.23. The molecular formula is C11H12F2N2O2. The normalized spacial score (nSPS) is 19.5. The van der Waals surface area contributed by atoms with Gasteiger partial charge in [0.1, 0.15) is 0 Å². The Morgan fingerprint density at radius 1 is 1.47 bits per heavy atom. The summed E-state index contributed by atoms with van der Waals surface area (Å²) < 4.78 is 26.2. The summed E-state index contributed by atoms with van der Waals surface area (Å²) in [6, 6.07) is 3.03. The number of amides is 2. The van der Waals surface area contributed by atoms with Crippen molar-refractivity contribution < 1.29 is 18.7 Å². The number of urea groups is 1. The first-order valence-electron chi connectivity index (χ1n) is 5.26. The highest BCUT2D eigenvalue weighted by Gasteiger charge is 2.25. The number of nitrogens with zero attached hydrogens (tertiary/aromatic N) is 1. The summed E-state index contributed by atoms with van der Waals surface area (Å²) in [5.74, 6) is -2.09. The summed E-state index contributed by atoms with van der Waals surface area (Å²) in [7, 11) is 0. The number of anilines is 1. The maximum atomic E-state index is 13.3. The first-order valence-corrected chi connectivity index (χ1v) is 5.26. The first-order chi connectivity index (χ1) is 8.08. The number of halogens is 2. The highest BCUT2D eigenvalue weighted by Crippen LogP contribution is 2.18. The lowest BCUT2D eigenvalue weighted by Gasteiger charge is -2.16. The van der Waals surface area contributed by atoms with Crippen LogP contribution in [0.4, 0.5) is 19.3 Å². The van der Waals surface area contributed by atoms with Gasteiger partial charge in [-0.1, -0.05) is 6.07 Å². The minimum atomic E-state index is -1.08. The molecule has 0 aromatic heterocycles. The number of aliphatic hydroxyl groups excluding tert-OH is 1. The Labute approximate surface area is 96.8 Å². The van der Waals surface area contributed by atoms with E-state index in [-0.39, 0.29) is 12.2 Å². The van der Waals surface area contributed by atoms with Crippen LogP contribution in [-0.2, 0) is 0 Å². The molecule has 1 aromatic carbocycles. The van der Waals surface area contributed by atoms with Gasteiger partial charge in [0, 0.05) is 13.1 Å². The standard InChI is InChI=1S/C11H12F2N2O2/c12-8-2-1-3-9(10(8)13)14-11(17)15-5-4-7(16)6-15/h1-3,7,16H,4-6H2,(H,14,17)/t7-/m0/s1. The predicted octanol–water partition coefficient (Wildman–Crippen LogP) is 1.56. The molecule has 1 aliphatic heterocycles. The number of rotatable bonds is 1. The minimum Gasteiger partial charge on any atom is -0.391 e. The third-order valence-electron chi connectivity index (χ3n) is 2.64. The fraction of sp³-hybridized carbons (Fsp3) is 0.364. The molecule has 1 heterocycles. The molecular weight excluding hydrogens is 230 g/mol. The SMILES string of the molecule is O=C(Nc1cccc(F)c1F)N1CC[C@H](O)C1. The van der Waals surface area contributed by atoms with Crippen molar-refractivity contribution in [2.75, 3.05) is 18.4 Å². The Morgan fingerprint density at radius 2 is 2.24 bits per heavy atom. The van der Waals surface area contributed by atoms with Crippen LogP contribution in [0.5, 0.6) is 0 Å². The molecule has 0 aliphatic carbocycles. The van der Waals surface area contributed by atoms with Gasteiger partial charge in [-0.25, -0.2) is 13.6 Å². The van der Waals surface area contributed by atoms with Crippen molar-refractivity contribution in [1.82, 2.24) is 4.90 Å². The molecule has 92 valence electrons. The van der Waals surface area contributed by atoms with Crippen LogP contribution in [0, 0.1) is 11.6 Å². The van der Waals surface area contributed by atoms with Crippen molar-refractivity contribution in [3.8, 4) is 0 Å². The van der Waals surface area contributed by atoms with E-state index in [2.05, 4.69) is 5.32 Å². The Bertz CT molecular complexity index is 439. The predicted molar refractivity (Wildman–Crippen MR) is 57.6 cm³/mol. The van der Waals surface area contributed by atoms with Crippen molar-refractivity contribution in [3.05, 3.63) is 29.8 Å². The van der Waals surface area contributed by atoms with Crippen molar-refractivity contribution in [2.45, 2.75) is 12.5 Å². The largest absolute Gasteiger partial charge is 0.391 e. The summed E-state index contributed by atoms with van der Waals surface area (Å²) in [5, 5.41) is 11.5. The Morgan fingerprint density at radius 3 is 2.88 bits per heavy atom. The van der Waals surface area contributed by atoms with Gasteiger partial charge in [0.05, 0.1) is 11.8 Å². The molecule has 0 spiro atoms. The van der Waals surface area contributed by atoms with E-state index >= 15 is 0 Å². The van der Waals surface area contributed by atoms with Crippen LogP contribution in [0.1, 0.15) is 6.42 Å². The molecule has 0 saturated carbocycles. The number of carbonyl (C=O) groups is 1. The second kappa shape index (κ2) is 4.67. The zero-order chi connectivity index (χ0) is 12.4. The van der Waals surface area contributed by atoms with Crippen molar-refractivity contribution in [1.29, 1.82) is 0 Å². The molecule has 1 atom stereocenters. The second-order valence-electron chi connectivity index (χ2n) is 3.92. The van der Waals surface area contributed by atoms with Crippen molar-refractivity contribution in [2.24, 2.45) is 0 Å². The smallest absolute Gasteiger partial charge is 0.322 e. The van der Waals surface area contributed by atoms with Gasteiger partial charge in [0.25, 0.3) is 0 Å². The van der Waals surface area contributed by atoms with Crippen molar-refractivity contribution >= 4 is 11.7 Å². The molecule has 0 bridgehead atoms. The number of aliphatic hydroxyl groups is 1. The topological polar surface area (TPSA) is 52.6 Å². The van der Waals surface area contributed by atoms with E-state index < -0.39 is 23.8 Å². The molecule has 4 nitrogen and oxygen atoms in total. The maximum Gasteiger partial charge on any atom is 0.322 e. The number of benzene rings is 1. The molecule has 2 amide bonds. The van der Waals surface area contributed by atoms with Crippen LogP contribution >= 0.6 is 0 Å². The van der Waals surface area contributed by atoms with Crippen LogP contribution in [0.2, 0.25) is 0 Å². The van der Waals surface area contributed by atoms with Crippen molar-refractivity contribution in [3.63, 3.8) is 0 Å². The van der Waals surface area contributed by atoms with Crippen LogP contribution in [0.3, 0.4) is 0 Å². The highest BCUT2D eigenvalue weighted by molar-refractivity contribution is 5.89. The Hall–Kier alpha value is -1.69. The van der Waals surface area contributed by atoms with E-state index in [9.17, 15) is 18.7 Å². The third kappa shape index (κ3) is 2.52. The molecule has 6 heteroatoms. The molecule has 1 aliphatic rings. The lowest BCUT2D eigenvalue weighted by Crippen LogP contribution is -2.33. The first kappa shape index (κ1) is 11.8. The number of likely N-dealkylation sites (tertiary alicyclic amines) is 1. The van der Waals surface area contributed by atoms with E-state index in [1.54, 1.807) is 0 Å². The van der Waals surface area contributed by atoms with Gasteiger partial charge in [0.2, 0.25) is 0 Å². The molecule has 2 N–H and O–H groups in total. The van der Waals surface area contributed by atoms with E-state index in [1.807, 2.05) is 0 Å².